The van der Waals surface area contributed by atoms with Gasteiger partial charge in [0.05, 0.1) is 31.7 Å². The lowest BCUT2D eigenvalue weighted by atomic mass is 9.88. The number of nitrogens with one attached hydrogen (secondary N) is 1. The van der Waals surface area contributed by atoms with E-state index < -0.39 is 33.8 Å². The van der Waals surface area contributed by atoms with Gasteiger partial charge < -0.3 is 9.47 Å². The van der Waals surface area contributed by atoms with Crippen molar-refractivity contribution < 1.29 is 26.7 Å². The van der Waals surface area contributed by atoms with Crippen LogP contribution in [0, 0.1) is 11.6 Å². The van der Waals surface area contributed by atoms with E-state index in [-0.39, 0.29) is 12.4 Å². The highest BCUT2D eigenvalue weighted by Gasteiger charge is 2.29. The van der Waals surface area contributed by atoms with Gasteiger partial charge in [0.2, 0.25) is 10.0 Å². The van der Waals surface area contributed by atoms with Crippen LogP contribution in [-0.2, 0) is 25.9 Å². The second-order valence-corrected chi connectivity index (χ2v) is 7.67. The number of sulfonamides is 1. The minimum absolute atomic E-state index is 0.226. The molecule has 2 atom stereocenters. The maximum Gasteiger partial charge on any atom is 0.214 e. The molecule has 8 heteroatoms. The summed E-state index contributed by atoms with van der Waals surface area (Å²) in [5.41, 5.74) is 0.778. The first kappa shape index (κ1) is 16.8. The molecule has 1 saturated heterocycles. The normalized spacial score (nSPS) is 25.1. The van der Waals surface area contributed by atoms with Crippen LogP contribution in [0.25, 0.3) is 0 Å². The topological polar surface area (TPSA) is 64.6 Å². The van der Waals surface area contributed by atoms with E-state index in [2.05, 4.69) is 4.72 Å². The molecule has 1 aliphatic carbocycles. The predicted octanol–water partition coefficient (Wildman–Crippen LogP) is 1.68. The van der Waals surface area contributed by atoms with Crippen molar-refractivity contribution in [3.05, 3.63) is 34.9 Å². The van der Waals surface area contributed by atoms with Crippen LogP contribution < -0.4 is 4.72 Å². The first-order valence-corrected chi connectivity index (χ1v) is 9.27. The number of benzene rings is 1. The summed E-state index contributed by atoms with van der Waals surface area (Å²) in [6.45, 7) is 1.05. The Morgan fingerprint density at radius 3 is 2.83 bits per heavy atom. The first-order chi connectivity index (χ1) is 10.9. The Morgan fingerprint density at radius 1 is 1.26 bits per heavy atom. The fourth-order valence-corrected chi connectivity index (χ4v) is 4.56. The van der Waals surface area contributed by atoms with E-state index in [1.807, 2.05) is 0 Å². The van der Waals surface area contributed by atoms with Gasteiger partial charge in [0.1, 0.15) is 11.6 Å². The fourth-order valence-electron chi connectivity index (χ4n) is 3.10. The zero-order valence-corrected chi connectivity index (χ0v) is 13.4. The predicted molar refractivity (Wildman–Crippen MR) is 79.5 cm³/mol. The van der Waals surface area contributed by atoms with E-state index in [9.17, 15) is 17.2 Å². The van der Waals surface area contributed by atoms with Gasteiger partial charge in [-0.1, -0.05) is 0 Å². The monoisotopic (exact) mass is 347 g/mol. The van der Waals surface area contributed by atoms with E-state index in [4.69, 9.17) is 9.47 Å². The van der Waals surface area contributed by atoms with E-state index in [1.165, 1.54) is 6.07 Å². The molecule has 128 valence electrons. The van der Waals surface area contributed by atoms with Gasteiger partial charge >= 0.3 is 0 Å². The summed E-state index contributed by atoms with van der Waals surface area (Å²) in [6, 6.07) is 1.44. The molecule has 0 radical (unpaired) electrons. The smallest absolute Gasteiger partial charge is 0.214 e. The van der Waals surface area contributed by atoms with Crippen LogP contribution in [0.1, 0.15) is 30.0 Å². The third-order valence-electron chi connectivity index (χ3n) is 4.10. The van der Waals surface area contributed by atoms with Crippen molar-refractivity contribution in [2.75, 3.05) is 25.6 Å². The van der Waals surface area contributed by atoms with E-state index >= 15 is 0 Å². The second kappa shape index (κ2) is 6.80. The third kappa shape index (κ3) is 4.06. The zero-order chi connectivity index (χ0) is 16.4. The first-order valence-electron chi connectivity index (χ1n) is 7.62. The summed E-state index contributed by atoms with van der Waals surface area (Å²) in [6.07, 6.45) is 1.12. The summed E-state index contributed by atoms with van der Waals surface area (Å²) in [7, 11) is -3.65. The van der Waals surface area contributed by atoms with Gasteiger partial charge in [0.25, 0.3) is 0 Å². The quantitative estimate of drug-likeness (QED) is 0.900. The SMILES string of the molecule is O=S(=O)(CC1COCCO1)N[C@H]1CCCc2c(F)cc(F)cc21. The molecule has 0 saturated carbocycles. The Labute approximate surface area is 134 Å². The molecule has 23 heavy (non-hydrogen) atoms. The number of halogens is 2. The van der Waals surface area contributed by atoms with Crippen LogP contribution >= 0.6 is 0 Å². The molecule has 0 spiro atoms. The van der Waals surface area contributed by atoms with Crippen molar-refractivity contribution in [3.8, 4) is 0 Å². The third-order valence-corrected chi connectivity index (χ3v) is 5.56. The Balaban J connectivity index is 1.76. The summed E-state index contributed by atoms with van der Waals surface area (Å²) in [5, 5.41) is 0. The van der Waals surface area contributed by atoms with Crippen LogP contribution in [0.4, 0.5) is 8.78 Å². The molecule has 1 aliphatic heterocycles. The Bertz CT molecular complexity index is 674. The number of fused-ring (bicyclic) bond motifs is 1. The van der Waals surface area contributed by atoms with Gasteiger partial charge in [-0.25, -0.2) is 21.9 Å². The number of hydrogen-bond donors (Lipinski definition) is 1. The molecule has 0 aromatic heterocycles. The average Bonchev–Trinajstić information content (AvgIpc) is 2.48. The number of hydrogen-bond acceptors (Lipinski definition) is 4. The molecular formula is C15H19F2NO4S. The molecule has 1 heterocycles. The van der Waals surface area contributed by atoms with Crippen molar-refractivity contribution in [1.29, 1.82) is 0 Å². The van der Waals surface area contributed by atoms with Crippen molar-refractivity contribution in [2.24, 2.45) is 0 Å². The second-order valence-electron chi connectivity index (χ2n) is 5.87. The molecule has 0 amide bonds. The minimum Gasteiger partial charge on any atom is -0.376 e. The Morgan fingerprint density at radius 2 is 2.09 bits per heavy atom. The molecule has 3 rings (SSSR count). The number of ether oxygens (including phenoxy) is 2. The van der Waals surface area contributed by atoms with Gasteiger partial charge in [-0.3, -0.25) is 0 Å². The highest BCUT2D eigenvalue weighted by atomic mass is 32.2. The molecule has 1 N–H and O–H groups in total. The van der Waals surface area contributed by atoms with Gasteiger partial charge in [0.15, 0.2) is 0 Å². The average molecular weight is 347 g/mol. The van der Waals surface area contributed by atoms with Crippen LogP contribution in [0.3, 0.4) is 0 Å². The molecule has 1 aromatic rings. The standard InChI is InChI=1S/C15H19F2NO4S/c16-10-6-13-12(14(17)7-10)2-1-3-15(13)18-23(19,20)9-11-8-21-4-5-22-11/h6-7,11,15,18H,1-5,8-9H2/t11?,15-/m0/s1. The summed E-state index contributed by atoms with van der Waals surface area (Å²) in [5.74, 6) is -1.54. The van der Waals surface area contributed by atoms with Crippen molar-refractivity contribution >= 4 is 10.0 Å². The van der Waals surface area contributed by atoms with E-state index in [0.717, 1.165) is 6.07 Å². The summed E-state index contributed by atoms with van der Waals surface area (Å²) < 4.78 is 65.1. The maximum absolute atomic E-state index is 13.9. The molecule has 1 fully saturated rings. The van der Waals surface area contributed by atoms with Crippen LogP contribution in [0.2, 0.25) is 0 Å². The number of rotatable bonds is 4. The highest BCUT2D eigenvalue weighted by Crippen LogP contribution is 2.32. The minimum atomic E-state index is -3.65. The van der Waals surface area contributed by atoms with Crippen LogP contribution in [-0.4, -0.2) is 40.1 Å². The van der Waals surface area contributed by atoms with Gasteiger partial charge in [-0.15, -0.1) is 0 Å². The van der Waals surface area contributed by atoms with Gasteiger partial charge in [0, 0.05) is 12.1 Å². The fraction of sp³-hybridized carbons (Fsp3) is 0.600. The van der Waals surface area contributed by atoms with Crippen LogP contribution in [0.5, 0.6) is 0 Å². The summed E-state index contributed by atoms with van der Waals surface area (Å²) in [4.78, 5) is 0. The highest BCUT2D eigenvalue weighted by molar-refractivity contribution is 7.89. The Hall–Kier alpha value is -1.09. The lowest BCUT2D eigenvalue weighted by molar-refractivity contribution is -0.0783. The van der Waals surface area contributed by atoms with Crippen molar-refractivity contribution in [2.45, 2.75) is 31.4 Å². The summed E-state index contributed by atoms with van der Waals surface area (Å²) >= 11 is 0. The molecule has 2 aliphatic rings. The van der Waals surface area contributed by atoms with E-state index in [0.29, 0.717) is 43.6 Å². The van der Waals surface area contributed by atoms with Gasteiger partial charge in [-0.05, 0) is 36.5 Å². The lowest BCUT2D eigenvalue weighted by Crippen LogP contribution is -2.40. The van der Waals surface area contributed by atoms with Crippen molar-refractivity contribution in [3.63, 3.8) is 0 Å². The Kier molecular flexibility index (Phi) is 4.96. The molecular weight excluding hydrogens is 328 g/mol. The zero-order valence-electron chi connectivity index (χ0n) is 12.6. The lowest BCUT2D eigenvalue weighted by Gasteiger charge is -2.28. The largest absolute Gasteiger partial charge is 0.376 e. The molecule has 0 bridgehead atoms. The maximum atomic E-state index is 13.9. The molecule has 5 nitrogen and oxygen atoms in total. The van der Waals surface area contributed by atoms with Gasteiger partial charge in [-0.2, -0.15) is 0 Å². The molecule has 1 aromatic carbocycles. The van der Waals surface area contributed by atoms with Crippen molar-refractivity contribution in [1.82, 2.24) is 4.72 Å². The van der Waals surface area contributed by atoms with E-state index in [1.54, 1.807) is 0 Å². The van der Waals surface area contributed by atoms with Crippen LogP contribution in [0.15, 0.2) is 12.1 Å². The molecule has 1 unspecified atom stereocenters.